The predicted molar refractivity (Wildman–Crippen MR) is 136 cm³/mol. The van der Waals surface area contributed by atoms with Gasteiger partial charge >= 0.3 is 6.03 Å². The van der Waals surface area contributed by atoms with Crippen LogP contribution in [-0.4, -0.2) is 22.0 Å². The molecule has 0 atom stereocenters. The molecule has 1 aromatic heterocycles. The first kappa shape index (κ1) is 21.8. The average molecular weight is 457 g/mol. The summed E-state index contributed by atoms with van der Waals surface area (Å²) < 4.78 is 1.64. The van der Waals surface area contributed by atoms with E-state index in [1.54, 1.807) is 4.57 Å². The SMILES string of the molecule is CC1(C)CCc2cc(CN(CCc3ccccc3)C(=O)n3c(Cl)cc4ccccc43)ccc21. The van der Waals surface area contributed by atoms with Crippen molar-refractivity contribution in [1.29, 1.82) is 0 Å². The van der Waals surface area contributed by atoms with Gasteiger partial charge in [0, 0.05) is 18.5 Å². The first-order valence-corrected chi connectivity index (χ1v) is 12.0. The number of carbonyl (C=O) groups is 1. The maximum absolute atomic E-state index is 13.8. The van der Waals surface area contributed by atoms with E-state index in [1.165, 1.54) is 28.7 Å². The van der Waals surface area contributed by atoms with E-state index in [4.69, 9.17) is 11.6 Å². The maximum atomic E-state index is 13.8. The lowest BCUT2D eigenvalue weighted by atomic mass is 9.86. The van der Waals surface area contributed by atoms with Gasteiger partial charge in [-0.15, -0.1) is 0 Å². The number of benzene rings is 3. The number of para-hydroxylation sites is 1. The number of amides is 1. The van der Waals surface area contributed by atoms with Gasteiger partial charge in [0.2, 0.25) is 0 Å². The molecule has 0 aliphatic heterocycles. The van der Waals surface area contributed by atoms with Crippen molar-refractivity contribution in [2.75, 3.05) is 6.54 Å². The fraction of sp³-hybridized carbons (Fsp3) is 0.276. The van der Waals surface area contributed by atoms with E-state index in [2.05, 4.69) is 44.2 Å². The molecule has 0 N–H and O–H groups in total. The van der Waals surface area contributed by atoms with E-state index in [0.717, 1.165) is 23.7 Å². The van der Waals surface area contributed by atoms with E-state index >= 15 is 0 Å². The number of nitrogens with zero attached hydrogens (tertiary/aromatic N) is 2. The van der Waals surface area contributed by atoms with Crippen LogP contribution in [0.15, 0.2) is 78.9 Å². The van der Waals surface area contributed by atoms with Crippen molar-refractivity contribution in [1.82, 2.24) is 9.47 Å². The predicted octanol–water partition coefficient (Wildman–Crippen LogP) is 7.23. The fourth-order valence-electron chi connectivity index (χ4n) is 5.02. The van der Waals surface area contributed by atoms with Gasteiger partial charge in [-0.05, 0) is 59.1 Å². The minimum absolute atomic E-state index is 0.0852. The summed E-state index contributed by atoms with van der Waals surface area (Å²) in [5.41, 5.74) is 6.31. The Morgan fingerprint density at radius 1 is 0.970 bits per heavy atom. The van der Waals surface area contributed by atoms with Gasteiger partial charge in [-0.2, -0.15) is 0 Å². The van der Waals surface area contributed by atoms with Crippen LogP contribution in [0, 0.1) is 0 Å². The number of hydrogen-bond donors (Lipinski definition) is 0. The Morgan fingerprint density at radius 3 is 2.55 bits per heavy atom. The Labute approximate surface area is 200 Å². The van der Waals surface area contributed by atoms with Gasteiger partial charge in [0.15, 0.2) is 0 Å². The van der Waals surface area contributed by atoms with Crippen molar-refractivity contribution in [2.45, 2.75) is 45.1 Å². The Kier molecular flexibility index (Phi) is 5.76. The second kappa shape index (κ2) is 8.72. The van der Waals surface area contributed by atoms with E-state index in [0.29, 0.717) is 18.2 Å². The third kappa shape index (κ3) is 4.30. The molecule has 3 aromatic carbocycles. The summed E-state index contributed by atoms with van der Waals surface area (Å²) in [7, 11) is 0. The molecule has 0 spiro atoms. The summed E-state index contributed by atoms with van der Waals surface area (Å²) in [4.78, 5) is 15.7. The minimum Gasteiger partial charge on any atom is -0.319 e. The Bertz CT molecular complexity index is 1310. The van der Waals surface area contributed by atoms with Crippen LogP contribution in [0.1, 0.15) is 42.5 Å². The second-order valence-corrected chi connectivity index (χ2v) is 10.1. The topological polar surface area (TPSA) is 25.2 Å². The molecule has 1 aliphatic rings. The first-order valence-electron chi connectivity index (χ1n) is 11.6. The van der Waals surface area contributed by atoms with Crippen molar-refractivity contribution >= 4 is 28.5 Å². The van der Waals surface area contributed by atoms with E-state index < -0.39 is 0 Å². The molecule has 0 fully saturated rings. The van der Waals surface area contributed by atoms with Crippen LogP contribution < -0.4 is 0 Å². The molecule has 0 saturated heterocycles. The van der Waals surface area contributed by atoms with Gasteiger partial charge in [0.25, 0.3) is 0 Å². The molecule has 0 bridgehead atoms. The molecule has 4 aromatic rings. The number of hydrogen-bond acceptors (Lipinski definition) is 1. The molecule has 33 heavy (non-hydrogen) atoms. The lowest BCUT2D eigenvalue weighted by molar-refractivity contribution is 0.198. The number of carbonyl (C=O) groups excluding carboxylic acids is 1. The standard InChI is InChI=1S/C29H29ClN2O/c1-29(2)16-14-23-18-22(12-13-25(23)29)20-31(17-15-21-8-4-3-5-9-21)28(33)32-26-11-7-6-10-24(26)19-27(32)30/h3-13,18-19H,14-17,20H2,1-2H3. The molecule has 4 heteroatoms. The molecule has 0 radical (unpaired) electrons. The van der Waals surface area contributed by atoms with Gasteiger partial charge in [0.1, 0.15) is 5.15 Å². The van der Waals surface area contributed by atoms with Gasteiger partial charge in [-0.1, -0.05) is 92.2 Å². The van der Waals surface area contributed by atoms with E-state index in [9.17, 15) is 4.79 Å². The highest BCUT2D eigenvalue weighted by molar-refractivity contribution is 6.32. The van der Waals surface area contributed by atoms with E-state index in [-0.39, 0.29) is 11.4 Å². The van der Waals surface area contributed by atoms with Gasteiger partial charge in [0.05, 0.1) is 5.52 Å². The summed E-state index contributed by atoms with van der Waals surface area (Å²) in [6, 6.07) is 26.7. The third-order valence-corrected chi connectivity index (χ3v) is 7.21. The lowest BCUT2D eigenvalue weighted by Crippen LogP contribution is -2.36. The molecule has 0 unspecified atom stereocenters. The lowest BCUT2D eigenvalue weighted by Gasteiger charge is -2.25. The number of fused-ring (bicyclic) bond motifs is 2. The molecule has 1 heterocycles. The third-order valence-electron chi connectivity index (χ3n) is 6.93. The summed E-state index contributed by atoms with van der Waals surface area (Å²) >= 11 is 6.55. The Hall–Kier alpha value is -3.04. The van der Waals surface area contributed by atoms with Crippen LogP contribution >= 0.6 is 11.6 Å². The van der Waals surface area contributed by atoms with Crippen molar-refractivity contribution in [2.24, 2.45) is 0 Å². The highest BCUT2D eigenvalue weighted by Gasteiger charge is 2.30. The van der Waals surface area contributed by atoms with Crippen molar-refractivity contribution in [3.63, 3.8) is 0 Å². The van der Waals surface area contributed by atoms with Crippen LogP contribution in [-0.2, 0) is 24.8 Å². The summed E-state index contributed by atoms with van der Waals surface area (Å²) in [6.45, 7) is 5.80. The molecule has 0 saturated carbocycles. The monoisotopic (exact) mass is 456 g/mol. The molecule has 1 amide bonds. The van der Waals surface area contributed by atoms with Crippen LogP contribution in [0.3, 0.4) is 0 Å². The molecule has 168 valence electrons. The zero-order valence-corrected chi connectivity index (χ0v) is 20.0. The first-order chi connectivity index (χ1) is 15.9. The van der Waals surface area contributed by atoms with Crippen LogP contribution in [0.4, 0.5) is 4.79 Å². The number of rotatable bonds is 5. The number of aromatic nitrogens is 1. The molecular formula is C29H29ClN2O. The zero-order chi connectivity index (χ0) is 23.0. The van der Waals surface area contributed by atoms with Gasteiger partial charge < -0.3 is 4.90 Å². The fourth-order valence-corrected chi connectivity index (χ4v) is 5.30. The summed E-state index contributed by atoms with van der Waals surface area (Å²) in [6.07, 6.45) is 3.07. The summed E-state index contributed by atoms with van der Waals surface area (Å²) in [5, 5.41) is 1.42. The largest absolute Gasteiger partial charge is 0.330 e. The van der Waals surface area contributed by atoms with Gasteiger partial charge in [-0.25, -0.2) is 4.79 Å². The van der Waals surface area contributed by atoms with Crippen molar-refractivity contribution in [3.8, 4) is 0 Å². The summed E-state index contributed by atoms with van der Waals surface area (Å²) in [5.74, 6) is 0. The molecule has 3 nitrogen and oxygen atoms in total. The smallest absolute Gasteiger partial charge is 0.319 e. The Morgan fingerprint density at radius 2 is 1.73 bits per heavy atom. The average Bonchev–Trinajstić information content (AvgIpc) is 3.31. The Balaban J connectivity index is 1.47. The molecular weight excluding hydrogens is 428 g/mol. The highest BCUT2D eigenvalue weighted by Crippen LogP contribution is 2.38. The van der Waals surface area contributed by atoms with E-state index in [1.807, 2.05) is 53.4 Å². The minimum atomic E-state index is -0.0852. The maximum Gasteiger partial charge on any atom is 0.330 e. The quantitative estimate of drug-likeness (QED) is 0.311. The normalized spacial score (nSPS) is 14.4. The van der Waals surface area contributed by atoms with Crippen molar-refractivity contribution in [3.05, 3.63) is 106 Å². The number of halogens is 1. The van der Waals surface area contributed by atoms with Crippen LogP contribution in [0.5, 0.6) is 0 Å². The zero-order valence-electron chi connectivity index (χ0n) is 19.2. The van der Waals surface area contributed by atoms with Crippen LogP contribution in [0.25, 0.3) is 10.9 Å². The molecule has 5 rings (SSSR count). The highest BCUT2D eigenvalue weighted by atomic mass is 35.5. The second-order valence-electron chi connectivity index (χ2n) is 9.68. The van der Waals surface area contributed by atoms with Crippen LogP contribution in [0.2, 0.25) is 5.15 Å². The number of aryl methyl sites for hydroxylation is 1. The molecule has 1 aliphatic carbocycles. The van der Waals surface area contributed by atoms with Gasteiger partial charge in [-0.3, -0.25) is 4.57 Å². The van der Waals surface area contributed by atoms with Crippen molar-refractivity contribution < 1.29 is 4.79 Å².